The molecule has 0 bridgehead atoms. The quantitative estimate of drug-likeness (QED) is 0.594. The Hall–Kier alpha value is -0.821. The van der Waals surface area contributed by atoms with E-state index in [0.717, 1.165) is 22.6 Å². The fraction of sp³-hybridized carbons (Fsp3) is 0.130. The fourth-order valence-corrected chi connectivity index (χ4v) is 2.57. The minimum atomic E-state index is -1.04. The van der Waals surface area contributed by atoms with Crippen molar-refractivity contribution in [3.63, 3.8) is 0 Å². The molecule has 0 saturated heterocycles. The Kier molecular flexibility index (Phi) is 9.79. The molecular weight excluding hydrogens is 348 g/mol. The van der Waals surface area contributed by atoms with E-state index in [4.69, 9.17) is 0 Å². The Morgan fingerprint density at radius 1 is 0.920 bits per heavy atom. The maximum atomic E-state index is 10.9. The van der Waals surface area contributed by atoms with Crippen molar-refractivity contribution in [1.82, 2.24) is 0 Å². The number of hydrogen-bond donors (Lipinski definition) is 1. The van der Waals surface area contributed by atoms with Crippen molar-refractivity contribution in [1.29, 1.82) is 0 Å². The van der Waals surface area contributed by atoms with Crippen LogP contribution < -0.4 is 0 Å². The maximum Gasteiger partial charge on any atom is 2.00 e. The van der Waals surface area contributed by atoms with E-state index >= 15 is 0 Å². The predicted molar refractivity (Wildman–Crippen MR) is 101 cm³/mol. The smallest absolute Gasteiger partial charge is 0.381 e. The number of aliphatic hydroxyl groups is 1. The minimum Gasteiger partial charge on any atom is -0.381 e. The van der Waals surface area contributed by atoms with Gasteiger partial charge in [-0.05, 0) is 82.8 Å². The number of benzene rings is 1. The third kappa shape index (κ3) is 6.77. The van der Waals surface area contributed by atoms with Gasteiger partial charge in [0.15, 0.2) is 0 Å². The summed E-state index contributed by atoms with van der Waals surface area (Å²) in [5, 5.41) is 10.9. The molecule has 0 aliphatic heterocycles. The third-order valence-corrected chi connectivity index (χ3v) is 3.88. The van der Waals surface area contributed by atoms with Crippen molar-refractivity contribution in [3.8, 4) is 0 Å². The van der Waals surface area contributed by atoms with E-state index in [2.05, 4.69) is 6.58 Å². The van der Waals surface area contributed by atoms with Crippen molar-refractivity contribution in [2.24, 2.45) is 0 Å². The van der Waals surface area contributed by atoms with Crippen LogP contribution in [0.1, 0.15) is 19.4 Å². The molecule has 1 aromatic rings. The molecule has 3 rings (SSSR count). The van der Waals surface area contributed by atoms with Crippen LogP contribution in [0.4, 0.5) is 0 Å². The summed E-state index contributed by atoms with van der Waals surface area (Å²) in [5.74, 6) is 1.08. The molecule has 2 saturated carbocycles. The SMILES string of the molecule is C=C(C)/C(=C/[C]1[CH][CH][CH][CH]1)C(C)(O)c1ccccc1.[CH]1[CH][CH][CH][CH]1.[Fe+2]. The zero-order chi connectivity index (χ0) is 17.4. The monoisotopic (exact) mass is 372 g/mol. The second kappa shape index (κ2) is 11.0. The summed E-state index contributed by atoms with van der Waals surface area (Å²) in [5.41, 5.74) is 1.54. The van der Waals surface area contributed by atoms with Gasteiger partial charge in [-0.15, -0.1) is 0 Å². The van der Waals surface area contributed by atoms with Crippen molar-refractivity contribution in [2.45, 2.75) is 19.4 Å². The van der Waals surface area contributed by atoms with Crippen LogP contribution in [0.15, 0.2) is 54.1 Å². The maximum absolute atomic E-state index is 10.9. The normalized spacial score (nSPS) is 20.2. The van der Waals surface area contributed by atoms with Crippen LogP contribution in [0.5, 0.6) is 0 Å². The average Bonchev–Trinajstić information content (AvgIpc) is 3.29. The molecule has 10 radical (unpaired) electrons. The van der Waals surface area contributed by atoms with E-state index in [9.17, 15) is 5.11 Å². The first kappa shape index (κ1) is 22.2. The van der Waals surface area contributed by atoms with Crippen LogP contribution >= 0.6 is 0 Å². The summed E-state index contributed by atoms with van der Waals surface area (Å²) >= 11 is 0. The molecule has 1 aromatic carbocycles. The van der Waals surface area contributed by atoms with E-state index < -0.39 is 5.60 Å². The van der Waals surface area contributed by atoms with Crippen LogP contribution in [-0.2, 0) is 22.7 Å². The van der Waals surface area contributed by atoms with Crippen LogP contribution in [0.2, 0.25) is 0 Å². The Morgan fingerprint density at radius 3 is 1.84 bits per heavy atom. The fourth-order valence-electron chi connectivity index (χ4n) is 2.57. The molecule has 1 atom stereocenters. The van der Waals surface area contributed by atoms with Crippen LogP contribution in [0.3, 0.4) is 0 Å². The van der Waals surface area contributed by atoms with Gasteiger partial charge in [-0.2, -0.15) is 0 Å². The number of rotatable bonds is 4. The molecular formula is C23H24FeO+2. The third-order valence-electron chi connectivity index (χ3n) is 3.88. The standard InChI is InChI=1S/C18H19O.C5H5.Fe/c1-14(2)17(13-15-9-7-8-10-15)18(3,19)16-11-5-4-6-12-16;1-2-4-5-3-1;/h4-13,19H,1H2,2-3H3;1-5H;/q;;+2/b17-13-;;. The minimum absolute atomic E-state index is 0. The zero-order valence-corrected chi connectivity index (χ0v) is 15.8. The van der Waals surface area contributed by atoms with Gasteiger partial charge in [-0.3, -0.25) is 0 Å². The van der Waals surface area contributed by atoms with Crippen molar-refractivity contribution >= 4 is 0 Å². The zero-order valence-electron chi connectivity index (χ0n) is 14.7. The molecule has 128 valence electrons. The summed E-state index contributed by atoms with van der Waals surface area (Å²) in [7, 11) is 0. The number of allylic oxidation sites excluding steroid dienone is 1. The van der Waals surface area contributed by atoms with E-state index in [1.165, 1.54) is 0 Å². The van der Waals surface area contributed by atoms with Gasteiger partial charge in [0, 0.05) is 5.92 Å². The molecule has 2 aliphatic rings. The largest absolute Gasteiger partial charge is 2.00 e. The summed E-state index contributed by atoms with van der Waals surface area (Å²) in [4.78, 5) is 0. The van der Waals surface area contributed by atoms with Gasteiger partial charge in [-0.1, -0.05) is 48.6 Å². The molecule has 0 amide bonds. The molecule has 2 heteroatoms. The molecule has 2 fully saturated rings. The van der Waals surface area contributed by atoms with Gasteiger partial charge in [0.25, 0.3) is 0 Å². The molecule has 0 aromatic heterocycles. The molecule has 0 heterocycles. The molecule has 1 unspecified atom stereocenters. The van der Waals surface area contributed by atoms with Crippen molar-refractivity contribution in [2.75, 3.05) is 0 Å². The molecule has 1 N–H and O–H groups in total. The van der Waals surface area contributed by atoms with Crippen molar-refractivity contribution < 1.29 is 22.2 Å². The van der Waals surface area contributed by atoms with Crippen LogP contribution in [0, 0.1) is 63.7 Å². The van der Waals surface area contributed by atoms with Gasteiger partial charge >= 0.3 is 17.1 Å². The van der Waals surface area contributed by atoms with Crippen molar-refractivity contribution in [3.05, 3.63) is 123 Å². The first-order chi connectivity index (χ1) is 11.5. The molecule has 2 aliphatic carbocycles. The Bertz CT molecular complexity index is 527. The van der Waals surface area contributed by atoms with E-state index in [-0.39, 0.29) is 17.1 Å². The summed E-state index contributed by atoms with van der Waals surface area (Å²) in [6, 6.07) is 9.68. The first-order valence-corrected chi connectivity index (χ1v) is 8.06. The van der Waals surface area contributed by atoms with E-state index in [0.29, 0.717) is 0 Å². The van der Waals surface area contributed by atoms with E-state index in [1.54, 1.807) is 0 Å². The van der Waals surface area contributed by atoms with Gasteiger partial charge in [0.05, 0.1) is 0 Å². The van der Waals surface area contributed by atoms with Gasteiger partial charge in [-0.25, -0.2) is 0 Å². The molecule has 0 spiro atoms. The summed E-state index contributed by atoms with van der Waals surface area (Å²) < 4.78 is 0. The Labute approximate surface area is 165 Å². The average molecular weight is 372 g/mol. The topological polar surface area (TPSA) is 20.2 Å². The van der Waals surface area contributed by atoms with Crippen LogP contribution in [0.25, 0.3) is 0 Å². The van der Waals surface area contributed by atoms with Gasteiger partial charge in [0.2, 0.25) is 0 Å². The second-order valence-corrected chi connectivity index (χ2v) is 5.96. The Morgan fingerprint density at radius 2 is 1.40 bits per heavy atom. The second-order valence-electron chi connectivity index (χ2n) is 5.96. The summed E-state index contributed by atoms with van der Waals surface area (Å²) in [6.07, 6.45) is 20.0. The molecule has 1 nitrogen and oxygen atoms in total. The van der Waals surface area contributed by atoms with Gasteiger partial charge < -0.3 is 5.11 Å². The summed E-state index contributed by atoms with van der Waals surface area (Å²) in [6.45, 7) is 7.73. The number of hydrogen-bond acceptors (Lipinski definition) is 1. The first-order valence-electron chi connectivity index (χ1n) is 8.06. The predicted octanol–water partition coefficient (Wildman–Crippen LogP) is 4.82. The van der Waals surface area contributed by atoms with E-state index in [1.807, 2.05) is 108 Å². The van der Waals surface area contributed by atoms with Crippen LogP contribution in [-0.4, -0.2) is 5.11 Å². The molecule has 25 heavy (non-hydrogen) atoms. The van der Waals surface area contributed by atoms with Gasteiger partial charge in [0.1, 0.15) is 5.60 Å². The Balaban J connectivity index is 0.000000448.